The quantitative estimate of drug-likeness (QED) is 0.906. The minimum Gasteiger partial charge on any atom is -0.383 e. The number of aryl methyl sites for hydroxylation is 1. The van der Waals surface area contributed by atoms with E-state index in [1.807, 2.05) is 32.0 Å². The maximum atomic E-state index is 6.00. The van der Waals surface area contributed by atoms with E-state index in [1.54, 1.807) is 0 Å². The van der Waals surface area contributed by atoms with Gasteiger partial charge < -0.3 is 11.1 Å². The molecule has 0 aliphatic carbocycles. The molecule has 0 radical (unpaired) electrons. The van der Waals surface area contributed by atoms with Gasteiger partial charge in [-0.1, -0.05) is 26.8 Å². The second-order valence-electron chi connectivity index (χ2n) is 6.28. The molecule has 5 heteroatoms. The SMILES string of the molecule is Cc1cccc(CNc2nc(C(C)(C)C)nc(N)c2C)n1. The van der Waals surface area contributed by atoms with Crippen LogP contribution in [-0.2, 0) is 12.0 Å². The molecule has 112 valence electrons. The summed E-state index contributed by atoms with van der Waals surface area (Å²) >= 11 is 0. The highest BCUT2D eigenvalue weighted by molar-refractivity contribution is 5.55. The number of pyridine rings is 1. The summed E-state index contributed by atoms with van der Waals surface area (Å²) in [6.07, 6.45) is 0. The molecule has 2 aromatic heterocycles. The van der Waals surface area contributed by atoms with E-state index < -0.39 is 0 Å². The smallest absolute Gasteiger partial charge is 0.138 e. The van der Waals surface area contributed by atoms with Crippen LogP contribution in [0.2, 0.25) is 0 Å². The van der Waals surface area contributed by atoms with Crippen LogP contribution < -0.4 is 11.1 Å². The zero-order valence-corrected chi connectivity index (χ0v) is 13.4. The first-order valence-corrected chi connectivity index (χ1v) is 7.08. The van der Waals surface area contributed by atoms with Crippen LogP contribution in [0.25, 0.3) is 0 Å². The molecule has 0 atom stereocenters. The number of nitrogens with zero attached hydrogens (tertiary/aromatic N) is 3. The molecule has 0 aliphatic rings. The lowest BCUT2D eigenvalue weighted by atomic mass is 9.95. The van der Waals surface area contributed by atoms with Crippen molar-refractivity contribution in [2.24, 2.45) is 0 Å². The normalized spacial score (nSPS) is 11.5. The lowest BCUT2D eigenvalue weighted by molar-refractivity contribution is 0.546. The molecule has 0 fully saturated rings. The van der Waals surface area contributed by atoms with E-state index in [0.717, 1.165) is 28.6 Å². The van der Waals surface area contributed by atoms with Crippen molar-refractivity contribution in [1.29, 1.82) is 0 Å². The molecule has 0 saturated heterocycles. The summed E-state index contributed by atoms with van der Waals surface area (Å²) in [5.41, 5.74) is 8.72. The van der Waals surface area contributed by atoms with E-state index in [2.05, 4.69) is 41.0 Å². The van der Waals surface area contributed by atoms with Gasteiger partial charge in [-0.25, -0.2) is 9.97 Å². The third-order valence-electron chi connectivity index (χ3n) is 3.24. The van der Waals surface area contributed by atoms with Crippen molar-refractivity contribution in [3.63, 3.8) is 0 Å². The number of nitrogen functional groups attached to an aromatic ring is 1. The van der Waals surface area contributed by atoms with Gasteiger partial charge in [-0.2, -0.15) is 0 Å². The fraction of sp³-hybridized carbons (Fsp3) is 0.438. The van der Waals surface area contributed by atoms with E-state index in [-0.39, 0.29) is 5.41 Å². The van der Waals surface area contributed by atoms with Crippen LogP contribution in [0.1, 0.15) is 43.5 Å². The Morgan fingerprint density at radius 1 is 1.10 bits per heavy atom. The average molecular weight is 285 g/mol. The summed E-state index contributed by atoms with van der Waals surface area (Å²) in [7, 11) is 0. The molecule has 2 rings (SSSR count). The van der Waals surface area contributed by atoms with Crippen molar-refractivity contribution in [2.45, 2.75) is 46.6 Å². The first-order chi connectivity index (χ1) is 9.77. The van der Waals surface area contributed by atoms with Gasteiger partial charge in [0.1, 0.15) is 17.5 Å². The minimum atomic E-state index is -0.139. The standard InChI is InChI=1S/C16H23N5/c1-10-7-6-8-12(19-10)9-18-14-11(2)13(17)20-15(21-14)16(3,4)5/h6-8H,9H2,1-5H3,(H3,17,18,20,21). The number of hydrogen-bond donors (Lipinski definition) is 2. The Hall–Kier alpha value is -2.17. The molecule has 0 spiro atoms. The van der Waals surface area contributed by atoms with Crippen LogP contribution in [0.3, 0.4) is 0 Å². The molecular formula is C16H23N5. The number of anilines is 2. The van der Waals surface area contributed by atoms with Crippen molar-refractivity contribution in [3.8, 4) is 0 Å². The summed E-state index contributed by atoms with van der Waals surface area (Å²) in [4.78, 5) is 13.5. The summed E-state index contributed by atoms with van der Waals surface area (Å²) in [6.45, 7) is 10.7. The lowest BCUT2D eigenvalue weighted by Crippen LogP contribution is -2.19. The Bertz CT molecular complexity index is 644. The first kappa shape index (κ1) is 15.2. The Labute approximate surface area is 126 Å². The predicted octanol–water partition coefficient (Wildman–Crippen LogP) is 2.98. The second-order valence-corrected chi connectivity index (χ2v) is 6.28. The van der Waals surface area contributed by atoms with Crippen LogP contribution in [-0.4, -0.2) is 15.0 Å². The van der Waals surface area contributed by atoms with Crippen LogP contribution in [0.5, 0.6) is 0 Å². The van der Waals surface area contributed by atoms with Gasteiger partial charge in [0.15, 0.2) is 0 Å². The highest BCUT2D eigenvalue weighted by Crippen LogP contribution is 2.24. The van der Waals surface area contributed by atoms with Crippen molar-refractivity contribution in [1.82, 2.24) is 15.0 Å². The highest BCUT2D eigenvalue weighted by Gasteiger charge is 2.20. The summed E-state index contributed by atoms with van der Waals surface area (Å²) in [5, 5.41) is 3.32. The minimum absolute atomic E-state index is 0.139. The number of nitrogens with two attached hydrogens (primary N) is 1. The van der Waals surface area contributed by atoms with E-state index in [0.29, 0.717) is 12.4 Å². The molecule has 0 saturated carbocycles. The van der Waals surface area contributed by atoms with Crippen LogP contribution in [0, 0.1) is 13.8 Å². The Morgan fingerprint density at radius 3 is 2.43 bits per heavy atom. The summed E-state index contributed by atoms with van der Waals surface area (Å²) in [6, 6.07) is 5.97. The van der Waals surface area contributed by atoms with E-state index in [9.17, 15) is 0 Å². The van der Waals surface area contributed by atoms with Crippen molar-refractivity contribution in [3.05, 3.63) is 41.0 Å². The van der Waals surface area contributed by atoms with Gasteiger partial charge in [0.2, 0.25) is 0 Å². The summed E-state index contributed by atoms with van der Waals surface area (Å²) < 4.78 is 0. The van der Waals surface area contributed by atoms with Crippen molar-refractivity contribution < 1.29 is 0 Å². The highest BCUT2D eigenvalue weighted by atomic mass is 15.1. The molecule has 2 heterocycles. The monoisotopic (exact) mass is 285 g/mol. The molecule has 2 aromatic rings. The van der Waals surface area contributed by atoms with Gasteiger partial charge in [-0.15, -0.1) is 0 Å². The average Bonchev–Trinajstić information content (AvgIpc) is 2.39. The van der Waals surface area contributed by atoms with Gasteiger partial charge in [-0.05, 0) is 26.0 Å². The fourth-order valence-corrected chi connectivity index (χ4v) is 1.91. The van der Waals surface area contributed by atoms with E-state index in [1.165, 1.54) is 0 Å². The molecule has 3 N–H and O–H groups in total. The van der Waals surface area contributed by atoms with Crippen LogP contribution in [0.4, 0.5) is 11.6 Å². The summed E-state index contributed by atoms with van der Waals surface area (Å²) in [5.74, 6) is 2.04. The second kappa shape index (κ2) is 5.68. The van der Waals surface area contributed by atoms with Gasteiger partial charge in [-0.3, -0.25) is 4.98 Å². The van der Waals surface area contributed by atoms with Gasteiger partial charge in [0, 0.05) is 16.7 Å². The third kappa shape index (κ3) is 3.68. The number of nitrogens with one attached hydrogen (secondary N) is 1. The maximum Gasteiger partial charge on any atom is 0.138 e. The van der Waals surface area contributed by atoms with Crippen LogP contribution in [0.15, 0.2) is 18.2 Å². The first-order valence-electron chi connectivity index (χ1n) is 7.08. The number of hydrogen-bond acceptors (Lipinski definition) is 5. The van der Waals surface area contributed by atoms with Gasteiger partial charge in [0.25, 0.3) is 0 Å². The molecule has 0 aliphatic heterocycles. The van der Waals surface area contributed by atoms with E-state index in [4.69, 9.17) is 5.73 Å². The van der Waals surface area contributed by atoms with E-state index >= 15 is 0 Å². The predicted molar refractivity (Wildman–Crippen MR) is 86.2 cm³/mol. The number of aromatic nitrogens is 3. The Morgan fingerprint density at radius 2 is 1.81 bits per heavy atom. The zero-order chi connectivity index (χ0) is 15.6. The third-order valence-corrected chi connectivity index (χ3v) is 3.24. The van der Waals surface area contributed by atoms with Crippen LogP contribution >= 0.6 is 0 Å². The molecule has 0 unspecified atom stereocenters. The van der Waals surface area contributed by atoms with Gasteiger partial charge in [0.05, 0.1) is 12.2 Å². The molecular weight excluding hydrogens is 262 g/mol. The molecule has 5 nitrogen and oxygen atoms in total. The topological polar surface area (TPSA) is 76.7 Å². The molecule has 0 bridgehead atoms. The Balaban J connectivity index is 2.25. The van der Waals surface area contributed by atoms with Gasteiger partial charge >= 0.3 is 0 Å². The maximum absolute atomic E-state index is 6.00. The lowest BCUT2D eigenvalue weighted by Gasteiger charge is -2.19. The molecule has 0 amide bonds. The largest absolute Gasteiger partial charge is 0.383 e. The number of rotatable bonds is 3. The molecule has 21 heavy (non-hydrogen) atoms. The van der Waals surface area contributed by atoms with Crippen molar-refractivity contribution >= 4 is 11.6 Å². The fourth-order valence-electron chi connectivity index (χ4n) is 1.91. The zero-order valence-electron chi connectivity index (χ0n) is 13.4. The Kier molecular flexibility index (Phi) is 4.11. The van der Waals surface area contributed by atoms with Crippen molar-refractivity contribution in [2.75, 3.05) is 11.1 Å². The molecule has 0 aromatic carbocycles.